The van der Waals surface area contributed by atoms with E-state index in [0.717, 1.165) is 25.9 Å². The van der Waals surface area contributed by atoms with E-state index in [1.165, 1.54) is 0 Å². The van der Waals surface area contributed by atoms with Crippen molar-refractivity contribution in [1.29, 1.82) is 0 Å². The molecule has 0 aliphatic heterocycles. The van der Waals surface area contributed by atoms with Crippen LogP contribution in [0.4, 0.5) is 11.4 Å². The van der Waals surface area contributed by atoms with Crippen molar-refractivity contribution in [2.24, 2.45) is 0 Å². The average molecular weight is 566 g/mol. The van der Waals surface area contributed by atoms with E-state index in [-0.39, 0.29) is 11.8 Å². The van der Waals surface area contributed by atoms with Gasteiger partial charge in [0.05, 0.1) is 0 Å². The Labute approximate surface area is 248 Å². The van der Waals surface area contributed by atoms with Crippen molar-refractivity contribution < 1.29 is 9.59 Å². The van der Waals surface area contributed by atoms with Gasteiger partial charge >= 0.3 is 0 Å². The lowest BCUT2D eigenvalue weighted by Gasteiger charge is -2.10. The van der Waals surface area contributed by atoms with Gasteiger partial charge < -0.3 is 31.9 Å². The van der Waals surface area contributed by atoms with Crippen LogP contribution >= 0.6 is 0 Å². The average Bonchev–Trinajstić information content (AvgIpc) is 2.96. The Hall–Kier alpha value is -4.83. The van der Waals surface area contributed by atoms with Gasteiger partial charge in [0, 0.05) is 46.7 Å². The molecule has 2 amide bonds. The van der Waals surface area contributed by atoms with Gasteiger partial charge in [-0.05, 0) is 114 Å². The first-order chi connectivity index (χ1) is 20.1. The number of nitrogens with zero attached hydrogens (tertiary/aromatic N) is 3. The molecule has 0 saturated heterocycles. The van der Waals surface area contributed by atoms with Crippen LogP contribution in [0.15, 0.2) is 54.6 Å². The highest BCUT2D eigenvalue weighted by Crippen LogP contribution is 2.15. The summed E-state index contributed by atoms with van der Waals surface area (Å²) >= 11 is 0. The molecule has 0 aliphatic rings. The minimum Gasteiger partial charge on any atom is -0.398 e. The van der Waals surface area contributed by atoms with Crippen LogP contribution in [-0.2, 0) is 0 Å². The van der Waals surface area contributed by atoms with Crippen LogP contribution < -0.4 is 22.1 Å². The van der Waals surface area contributed by atoms with Gasteiger partial charge in [0.2, 0.25) is 0 Å². The van der Waals surface area contributed by atoms with E-state index in [2.05, 4.69) is 49.1 Å². The second-order valence-corrected chi connectivity index (χ2v) is 10.3. The quantitative estimate of drug-likeness (QED) is 0.169. The molecule has 2 aromatic carbocycles. The molecule has 1 heterocycles. The van der Waals surface area contributed by atoms with Crippen LogP contribution in [0.25, 0.3) is 0 Å². The van der Waals surface area contributed by atoms with Crippen molar-refractivity contribution >= 4 is 23.2 Å². The molecule has 3 aromatic rings. The summed E-state index contributed by atoms with van der Waals surface area (Å²) < 4.78 is 0. The van der Waals surface area contributed by atoms with E-state index in [0.29, 0.717) is 58.1 Å². The molecule has 0 aliphatic carbocycles. The molecule has 218 valence electrons. The fourth-order valence-corrected chi connectivity index (χ4v) is 3.87. The number of carbonyl (C=O) groups is 2. The summed E-state index contributed by atoms with van der Waals surface area (Å²) in [4.78, 5) is 33.4. The van der Waals surface area contributed by atoms with Crippen molar-refractivity contribution in [2.45, 2.75) is 12.8 Å². The molecule has 9 nitrogen and oxygen atoms in total. The number of amides is 2. The number of pyridine rings is 1. The zero-order chi connectivity index (χ0) is 30.5. The van der Waals surface area contributed by atoms with Gasteiger partial charge in [-0.3, -0.25) is 9.59 Å². The van der Waals surface area contributed by atoms with Crippen molar-refractivity contribution in [3.8, 4) is 23.7 Å². The summed E-state index contributed by atoms with van der Waals surface area (Å²) in [6, 6.07) is 15.5. The lowest BCUT2D eigenvalue weighted by Crippen LogP contribution is -2.27. The summed E-state index contributed by atoms with van der Waals surface area (Å²) in [5.74, 6) is 11.8. The van der Waals surface area contributed by atoms with Crippen LogP contribution in [0, 0.1) is 23.7 Å². The Bertz CT molecular complexity index is 1410. The minimum atomic E-state index is -0.165. The molecule has 9 heteroatoms. The van der Waals surface area contributed by atoms with Crippen molar-refractivity contribution in [3.05, 3.63) is 88.2 Å². The maximum atomic E-state index is 12.4. The van der Waals surface area contributed by atoms with E-state index < -0.39 is 0 Å². The highest BCUT2D eigenvalue weighted by atomic mass is 16.2. The van der Waals surface area contributed by atoms with Crippen molar-refractivity contribution in [3.63, 3.8) is 0 Å². The second kappa shape index (κ2) is 15.8. The van der Waals surface area contributed by atoms with Gasteiger partial charge in [-0.15, -0.1) is 0 Å². The number of hydrogen-bond donors (Lipinski definition) is 4. The third-order valence-electron chi connectivity index (χ3n) is 6.16. The molecule has 0 saturated carbocycles. The highest BCUT2D eigenvalue weighted by Gasteiger charge is 2.08. The normalized spacial score (nSPS) is 10.4. The zero-order valence-corrected chi connectivity index (χ0v) is 24.8. The molecule has 0 atom stereocenters. The van der Waals surface area contributed by atoms with Gasteiger partial charge in [-0.2, -0.15) is 0 Å². The monoisotopic (exact) mass is 565 g/mol. The van der Waals surface area contributed by atoms with E-state index in [1.807, 2.05) is 34.3 Å². The lowest BCUT2D eigenvalue weighted by atomic mass is 10.1. The topological polar surface area (TPSA) is 130 Å². The minimum absolute atomic E-state index is 0.165. The number of nitrogen functional groups attached to an aromatic ring is 2. The zero-order valence-electron chi connectivity index (χ0n) is 24.8. The molecular formula is C33H39N7O2. The third kappa shape index (κ3) is 10.3. The van der Waals surface area contributed by atoms with Gasteiger partial charge in [0.25, 0.3) is 11.8 Å². The predicted molar refractivity (Wildman–Crippen MR) is 169 cm³/mol. The molecule has 0 spiro atoms. The Morgan fingerprint density at radius 2 is 1.12 bits per heavy atom. The van der Waals surface area contributed by atoms with Crippen LogP contribution in [0.2, 0.25) is 0 Å². The summed E-state index contributed by atoms with van der Waals surface area (Å²) in [5, 5.41) is 5.81. The van der Waals surface area contributed by atoms with Crippen molar-refractivity contribution in [2.75, 3.05) is 65.8 Å². The first-order valence-electron chi connectivity index (χ1n) is 13.8. The molecule has 0 bridgehead atoms. The van der Waals surface area contributed by atoms with Crippen LogP contribution in [0.3, 0.4) is 0 Å². The molecule has 6 N–H and O–H groups in total. The first kappa shape index (κ1) is 31.7. The molecule has 3 rings (SSSR count). The molecule has 0 fully saturated rings. The van der Waals surface area contributed by atoms with Gasteiger partial charge in [0.15, 0.2) is 0 Å². The number of carbonyl (C=O) groups excluding carboxylic acids is 2. The molecule has 0 radical (unpaired) electrons. The summed E-state index contributed by atoms with van der Waals surface area (Å²) in [7, 11) is 7.99. The Morgan fingerprint density at radius 3 is 1.50 bits per heavy atom. The van der Waals surface area contributed by atoms with Crippen LogP contribution in [0.5, 0.6) is 0 Å². The number of anilines is 2. The lowest BCUT2D eigenvalue weighted by molar-refractivity contribution is 0.0944. The molecule has 1 aromatic heterocycles. The van der Waals surface area contributed by atoms with Crippen LogP contribution in [0.1, 0.15) is 56.1 Å². The summed E-state index contributed by atoms with van der Waals surface area (Å²) in [5.41, 5.74) is 16.4. The summed E-state index contributed by atoms with van der Waals surface area (Å²) in [6.45, 7) is 2.99. The van der Waals surface area contributed by atoms with Crippen molar-refractivity contribution in [1.82, 2.24) is 25.4 Å². The first-order valence-corrected chi connectivity index (χ1v) is 13.8. The van der Waals surface area contributed by atoms with E-state index in [4.69, 9.17) is 11.5 Å². The Kier molecular flexibility index (Phi) is 11.9. The van der Waals surface area contributed by atoms with Gasteiger partial charge in [-0.1, -0.05) is 17.9 Å². The summed E-state index contributed by atoms with van der Waals surface area (Å²) in [6.07, 6.45) is 1.73. The standard InChI is InChI=1S/C33H39N7O2/c1-39(2)20-6-18-36-32(41)26-12-10-24(30(34)22-26)14-16-28-8-5-9-29(38-28)17-15-25-11-13-27(23-31(25)35)33(42)37-19-7-21-40(3)4/h5,8-13,22-23H,6-7,18-21,34-35H2,1-4H3,(H,36,41)(H,37,42). The van der Waals surface area contributed by atoms with Crippen LogP contribution in [-0.4, -0.2) is 81.0 Å². The maximum Gasteiger partial charge on any atom is 0.251 e. The predicted octanol–water partition coefficient (Wildman–Crippen LogP) is 2.41. The fourth-order valence-electron chi connectivity index (χ4n) is 3.87. The number of benzene rings is 2. The van der Waals surface area contributed by atoms with E-state index in [9.17, 15) is 9.59 Å². The largest absolute Gasteiger partial charge is 0.398 e. The van der Waals surface area contributed by atoms with E-state index in [1.54, 1.807) is 48.5 Å². The number of rotatable bonds is 10. The van der Waals surface area contributed by atoms with E-state index >= 15 is 0 Å². The Morgan fingerprint density at radius 1 is 0.690 bits per heavy atom. The van der Waals surface area contributed by atoms with Gasteiger partial charge in [-0.25, -0.2) is 4.98 Å². The maximum absolute atomic E-state index is 12.4. The second-order valence-electron chi connectivity index (χ2n) is 10.3. The SMILES string of the molecule is CN(C)CCCNC(=O)c1ccc(C#Cc2cccc(C#Cc3ccc(C(=O)NCCCN(C)C)cc3N)n2)c(N)c1. The number of nitrogens with one attached hydrogen (secondary N) is 2. The smallest absolute Gasteiger partial charge is 0.251 e. The third-order valence-corrected chi connectivity index (χ3v) is 6.16. The highest BCUT2D eigenvalue weighted by molar-refractivity contribution is 5.96. The fraction of sp³-hybridized carbons (Fsp3) is 0.303. The number of aromatic nitrogens is 1. The number of hydrogen-bond acceptors (Lipinski definition) is 7. The van der Waals surface area contributed by atoms with Gasteiger partial charge in [0.1, 0.15) is 11.4 Å². The molecular weight excluding hydrogens is 526 g/mol. The Balaban J connectivity index is 1.63. The number of nitrogens with two attached hydrogens (primary N) is 2. The molecule has 42 heavy (non-hydrogen) atoms. The molecule has 0 unspecified atom stereocenters.